The molecule has 2 aromatic heterocycles. The third-order valence-corrected chi connectivity index (χ3v) is 4.29. The first kappa shape index (κ1) is 16.8. The molecule has 0 aliphatic carbocycles. The second-order valence-corrected chi connectivity index (χ2v) is 6.31. The normalized spacial score (nSPS) is 10.7. The van der Waals surface area contributed by atoms with Crippen molar-refractivity contribution in [1.82, 2.24) is 19.6 Å². The van der Waals surface area contributed by atoms with Crippen molar-refractivity contribution >= 4 is 11.6 Å². The van der Waals surface area contributed by atoms with Crippen LogP contribution in [0.2, 0.25) is 0 Å². The number of carbonyl (C=O) groups excluding carboxylic acids is 1. The number of benzene rings is 2. The van der Waals surface area contributed by atoms with Gasteiger partial charge in [0.25, 0.3) is 5.91 Å². The Balaban J connectivity index is 1.59. The van der Waals surface area contributed by atoms with Crippen LogP contribution in [-0.4, -0.2) is 25.5 Å². The zero-order valence-electron chi connectivity index (χ0n) is 15.1. The van der Waals surface area contributed by atoms with E-state index in [1.54, 1.807) is 23.0 Å². The number of nitrogens with one attached hydrogen (secondary N) is 1. The van der Waals surface area contributed by atoms with E-state index in [-0.39, 0.29) is 5.91 Å². The van der Waals surface area contributed by atoms with Crippen LogP contribution < -0.4 is 5.32 Å². The Labute approximate surface area is 157 Å². The predicted molar refractivity (Wildman–Crippen MR) is 105 cm³/mol. The van der Waals surface area contributed by atoms with Crippen molar-refractivity contribution in [3.05, 3.63) is 90.0 Å². The van der Waals surface area contributed by atoms with Crippen LogP contribution in [0.4, 0.5) is 5.69 Å². The Bertz CT molecular complexity index is 1080. The molecular formula is C21H19N5O. The average molecular weight is 357 g/mol. The molecule has 0 fully saturated rings. The summed E-state index contributed by atoms with van der Waals surface area (Å²) in [6, 6.07) is 18.8. The van der Waals surface area contributed by atoms with E-state index in [1.807, 2.05) is 73.3 Å². The number of para-hydroxylation sites is 2. The van der Waals surface area contributed by atoms with Crippen molar-refractivity contribution in [1.29, 1.82) is 0 Å². The number of hydrogen-bond acceptors (Lipinski definition) is 3. The first-order valence-corrected chi connectivity index (χ1v) is 8.66. The molecule has 2 heterocycles. The molecular weight excluding hydrogens is 338 g/mol. The summed E-state index contributed by atoms with van der Waals surface area (Å²) in [5.74, 6) is -0.170. The van der Waals surface area contributed by atoms with E-state index in [0.717, 1.165) is 22.8 Å². The molecule has 134 valence electrons. The monoisotopic (exact) mass is 357 g/mol. The number of anilines is 1. The van der Waals surface area contributed by atoms with Crippen LogP contribution in [0, 0.1) is 13.8 Å². The number of aromatic nitrogens is 4. The molecule has 0 bridgehead atoms. The van der Waals surface area contributed by atoms with Gasteiger partial charge in [0.05, 0.1) is 22.8 Å². The third-order valence-electron chi connectivity index (χ3n) is 4.29. The lowest BCUT2D eigenvalue weighted by molar-refractivity contribution is 0.102. The van der Waals surface area contributed by atoms with Crippen LogP contribution >= 0.6 is 0 Å². The Hall–Kier alpha value is -3.67. The van der Waals surface area contributed by atoms with Gasteiger partial charge < -0.3 is 5.32 Å². The minimum atomic E-state index is -0.170. The summed E-state index contributed by atoms with van der Waals surface area (Å²) in [6.45, 7) is 3.94. The lowest BCUT2D eigenvalue weighted by atomic mass is 10.2. The highest BCUT2D eigenvalue weighted by Gasteiger charge is 2.12. The Kier molecular flexibility index (Phi) is 4.30. The molecule has 0 radical (unpaired) electrons. The van der Waals surface area contributed by atoms with E-state index in [4.69, 9.17) is 0 Å². The van der Waals surface area contributed by atoms with Gasteiger partial charge in [0.2, 0.25) is 0 Å². The minimum Gasteiger partial charge on any atom is -0.320 e. The van der Waals surface area contributed by atoms with Crippen molar-refractivity contribution in [3.8, 4) is 11.4 Å². The van der Waals surface area contributed by atoms with Crippen LogP contribution in [0.3, 0.4) is 0 Å². The molecule has 0 unspecified atom stereocenters. The second-order valence-electron chi connectivity index (χ2n) is 6.31. The van der Waals surface area contributed by atoms with E-state index < -0.39 is 0 Å². The fourth-order valence-electron chi connectivity index (χ4n) is 3.02. The van der Waals surface area contributed by atoms with Crippen molar-refractivity contribution < 1.29 is 4.79 Å². The number of amides is 1. The van der Waals surface area contributed by atoms with Gasteiger partial charge in [-0.15, -0.1) is 0 Å². The second kappa shape index (κ2) is 6.92. The maximum atomic E-state index is 12.7. The highest BCUT2D eigenvalue weighted by Crippen LogP contribution is 2.22. The SMILES string of the molecule is Cc1cc(C)n(-c2ccccc2NC(=O)c2ccc(-n3cccn3)cc2)n1. The summed E-state index contributed by atoms with van der Waals surface area (Å²) in [6.07, 6.45) is 3.58. The van der Waals surface area contributed by atoms with Gasteiger partial charge in [-0.2, -0.15) is 10.2 Å². The highest BCUT2D eigenvalue weighted by molar-refractivity contribution is 6.05. The molecule has 1 amide bonds. The maximum Gasteiger partial charge on any atom is 0.255 e. The number of carbonyl (C=O) groups is 1. The van der Waals surface area contributed by atoms with Crippen molar-refractivity contribution in [2.75, 3.05) is 5.32 Å². The van der Waals surface area contributed by atoms with Crippen LogP contribution in [0.1, 0.15) is 21.7 Å². The van der Waals surface area contributed by atoms with Crippen LogP contribution in [-0.2, 0) is 0 Å². The molecule has 0 aliphatic rings. The highest BCUT2D eigenvalue weighted by atomic mass is 16.1. The van der Waals surface area contributed by atoms with Crippen LogP contribution in [0.25, 0.3) is 11.4 Å². The Morgan fingerprint density at radius 2 is 1.78 bits per heavy atom. The predicted octanol–water partition coefficient (Wildman–Crippen LogP) is 3.93. The fourth-order valence-corrected chi connectivity index (χ4v) is 3.02. The van der Waals surface area contributed by atoms with Gasteiger partial charge in [0, 0.05) is 23.7 Å². The van der Waals surface area contributed by atoms with E-state index in [1.165, 1.54) is 0 Å². The average Bonchev–Trinajstić information content (AvgIpc) is 3.32. The van der Waals surface area contributed by atoms with Gasteiger partial charge in [-0.25, -0.2) is 9.36 Å². The molecule has 0 saturated carbocycles. The largest absolute Gasteiger partial charge is 0.320 e. The zero-order chi connectivity index (χ0) is 18.8. The quantitative estimate of drug-likeness (QED) is 0.602. The molecule has 0 spiro atoms. The standard InChI is InChI=1S/C21H19N5O/c1-15-14-16(2)26(24-15)20-7-4-3-6-19(20)23-21(27)17-8-10-18(11-9-17)25-13-5-12-22-25/h3-14H,1-2H3,(H,23,27). The van der Waals surface area contributed by atoms with Crippen LogP contribution in [0.5, 0.6) is 0 Å². The summed E-state index contributed by atoms with van der Waals surface area (Å²) in [4.78, 5) is 12.7. The molecule has 1 N–H and O–H groups in total. The van der Waals surface area contributed by atoms with Crippen molar-refractivity contribution in [3.63, 3.8) is 0 Å². The lowest BCUT2D eigenvalue weighted by Gasteiger charge is -2.12. The first-order chi connectivity index (χ1) is 13.1. The summed E-state index contributed by atoms with van der Waals surface area (Å²) in [5.41, 5.74) is 4.98. The Morgan fingerprint density at radius 3 is 2.44 bits per heavy atom. The van der Waals surface area contributed by atoms with Gasteiger partial charge in [-0.3, -0.25) is 4.79 Å². The lowest BCUT2D eigenvalue weighted by Crippen LogP contribution is -2.14. The molecule has 4 rings (SSSR count). The molecule has 0 saturated heterocycles. The van der Waals surface area contributed by atoms with Gasteiger partial charge in [0.1, 0.15) is 0 Å². The van der Waals surface area contributed by atoms with Crippen molar-refractivity contribution in [2.45, 2.75) is 13.8 Å². The van der Waals surface area contributed by atoms with E-state index in [0.29, 0.717) is 11.3 Å². The molecule has 6 nitrogen and oxygen atoms in total. The summed E-state index contributed by atoms with van der Waals surface area (Å²) in [7, 11) is 0. The van der Waals surface area contributed by atoms with Gasteiger partial charge in [-0.1, -0.05) is 12.1 Å². The molecule has 0 atom stereocenters. The topological polar surface area (TPSA) is 64.7 Å². The number of rotatable bonds is 4. The first-order valence-electron chi connectivity index (χ1n) is 8.66. The van der Waals surface area contributed by atoms with E-state index >= 15 is 0 Å². The van der Waals surface area contributed by atoms with Crippen LogP contribution in [0.15, 0.2) is 73.1 Å². The van der Waals surface area contributed by atoms with E-state index in [2.05, 4.69) is 15.5 Å². The molecule has 2 aromatic carbocycles. The molecule has 4 aromatic rings. The number of aryl methyl sites for hydroxylation is 2. The molecule has 0 aliphatic heterocycles. The molecule has 27 heavy (non-hydrogen) atoms. The number of hydrogen-bond donors (Lipinski definition) is 1. The number of nitrogens with zero attached hydrogens (tertiary/aromatic N) is 4. The summed E-state index contributed by atoms with van der Waals surface area (Å²) < 4.78 is 3.59. The fraction of sp³-hybridized carbons (Fsp3) is 0.0952. The Morgan fingerprint density at radius 1 is 1.00 bits per heavy atom. The maximum absolute atomic E-state index is 12.7. The van der Waals surface area contributed by atoms with Gasteiger partial charge in [0.15, 0.2) is 0 Å². The van der Waals surface area contributed by atoms with Gasteiger partial charge in [-0.05, 0) is 62.4 Å². The molecule has 6 heteroatoms. The summed E-state index contributed by atoms with van der Waals surface area (Å²) in [5, 5.41) is 11.7. The minimum absolute atomic E-state index is 0.170. The van der Waals surface area contributed by atoms with Gasteiger partial charge >= 0.3 is 0 Å². The smallest absolute Gasteiger partial charge is 0.255 e. The van der Waals surface area contributed by atoms with Crippen molar-refractivity contribution in [2.24, 2.45) is 0 Å². The third kappa shape index (κ3) is 3.37. The van der Waals surface area contributed by atoms with E-state index in [9.17, 15) is 4.79 Å². The zero-order valence-corrected chi connectivity index (χ0v) is 15.1. The summed E-state index contributed by atoms with van der Waals surface area (Å²) >= 11 is 0.